The van der Waals surface area contributed by atoms with Gasteiger partial charge in [-0.1, -0.05) is 80.1 Å². The summed E-state index contributed by atoms with van der Waals surface area (Å²) in [4.78, 5) is 0. The lowest BCUT2D eigenvalue weighted by Crippen LogP contribution is -2.37. The third-order valence-corrected chi connectivity index (χ3v) is 9.55. The Labute approximate surface area is 166 Å². The molecule has 154 valence electrons. The summed E-state index contributed by atoms with van der Waals surface area (Å²) in [7, 11) is 0. The molecule has 0 aliphatic heterocycles. The van der Waals surface area contributed by atoms with Gasteiger partial charge >= 0.3 is 0 Å². The molecule has 26 heavy (non-hydrogen) atoms. The van der Waals surface area contributed by atoms with Gasteiger partial charge in [0.05, 0.1) is 0 Å². The highest BCUT2D eigenvalue weighted by Crippen LogP contribution is 2.56. The molecule has 0 radical (unpaired) electrons. The zero-order chi connectivity index (χ0) is 19.3. The fraction of sp³-hybridized carbons (Fsp3) is 1.00. The summed E-state index contributed by atoms with van der Waals surface area (Å²) in [5.74, 6) is 1.86. The van der Waals surface area contributed by atoms with E-state index in [1.54, 1.807) is 25.7 Å². The van der Waals surface area contributed by atoms with Crippen molar-refractivity contribution in [2.24, 2.45) is 28.1 Å². The van der Waals surface area contributed by atoms with Crippen LogP contribution in [0.1, 0.15) is 138 Å². The van der Waals surface area contributed by atoms with E-state index < -0.39 is 0 Å². The van der Waals surface area contributed by atoms with Crippen LogP contribution in [0.3, 0.4) is 0 Å². The van der Waals surface area contributed by atoms with Gasteiger partial charge in [0.2, 0.25) is 0 Å². The lowest BCUT2D eigenvalue weighted by molar-refractivity contribution is 0.0209. The number of hydrogen-bond donors (Lipinski definition) is 0. The summed E-state index contributed by atoms with van der Waals surface area (Å²) in [6.45, 7) is 14.7. The van der Waals surface area contributed by atoms with E-state index in [-0.39, 0.29) is 0 Å². The summed E-state index contributed by atoms with van der Waals surface area (Å²) >= 11 is 0. The Morgan fingerprint density at radius 1 is 0.923 bits per heavy atom. The van der Waals surface area contributed by atoms with Crippen LogP contribution in [0.5, 0.6) is 0 Å². The molecule has 0 amide bonds. The molecule has 1 spiro atoms. The molecule has 2 rings (SSSR count). The SMILES string of the molecule is CCCC1(CCCC(C)(CC)C(C)CC)CCC2(CCC(C)CC2)CC1. The summed E-state index contributed by atoms with van der Waals surface area (Å²) in [5, 5.41) is 0. The molecule has 0 heteroatoms. The van der Waals surface area contributed by atoms with Gasteiger partial charge in [-0.15, -0.1) is 0 Å². The van der Waals surface area contributed by atoms with E-state index in [1.807, 2.05) is 0 Å². The maximum Gasteiger partial charge on any atom is -0.0297 e. The van der Waals surface area contributed by atoms with Crippen molar-refractivity contribution in [3.05, 3.63) is 0 Å². The fourth-order valence-corrected chi connectivity index (χ4v) is 6.47. The molecule has 0 aromatic carbocycles. The molecule has 0 nitrogen and oxygen atoms in total. The molecular formula is C26H50. The van der Waals surface area contributed by atoms with Gasteiger partial charge in [0.15, 0.2) is 0 Å². The van der Waals surface area contributed by atoms with Gasteiger partial charge in [0, 0.05) is 0 Å². The Balaban J connectivity index is 1.90. The van der Waals surface area contributed by atoms with Crippen molar-refractivity contribution in [1.82, 2.24) is 0 Å². The van der Waals surface area contributed by atoms with Crippen LogP contribution in [0, 0.1) is 28.1 Å². The molecule has 0 aromatic rings. The van der Waals surface area contributed by atoms with E-state index in [2.05, 4.69) is 41.5 Å². The molecule has 0 saturated heterocycles. The predicted molar refractivity (Wildman–Crippen MR) is 118 cm³/mol. The summed E-state index contributed by atoms with van der Waals surface area (Å²) in [5.41, 5.74) is 2.03. The lowest BCUT2D eigenvalue weighted by atomic mass is 9.56. The Kier molecular flexibility index (Phi) is 8.12. The average molecular weight is 363 g/mol. The van der Waals surface area contributed by atoms with Crippen LogP contribution in [0.4, 0.5) is 0 Å². The van der Waals surface area contributed by atoms with E-state index in [4.69, 9.17) is 0 Å². The summed E-state index contributed by atoms with van der Waals surface area (Å²) in [6, 6.07) is 0. The van der Waals surface area contributed by atoms with E-state index in [0.717, 1.165) is 17.3 Å². The predicted octanol–water partition coefficient (Wildman–Crippen LogP) is 9.18. The maximum atomic E-state index is 2.56. The zero-order valence-electron chi connectivity index (χ0n) is 19.3. The highest BCUT2D eigenvalue weighted by molar-refractivity contribution is 4.95. The van der Waals surface area contributed by atoms with E-state index in [1.165, 1.54) is 70.6 Å². The Morgan fingerprint density at radius 2 is 1.54 bits per heavy atom. The van der Waals surface area contributed by atoms with Gasteiger partial charge < -0.3 is 0 Å². The van der Waals surface area contributed by atoms with Crippen molar-refractivity contribution < 1.29 is 0 Å². The monoisotopic (exact) mass is 362 g/mol. The number of hydrogen-bond acceptors (Lipinski definition) is 0. The van der Waals surface area contributed by atoms with Gasteiger partial charge in [-0.25, -0.2) is 0 Å². The largest absolute Gasteiger partial charge is 0.0654 e. The minimum absolute atomic E-state index is 0.567. The van der Waals surface area contributed by atoms with Gasteiger partial charge in [-0.2, -0.15) is 0 Å². The van der Waals surface area contributed by atoms with Crippen molar-refractivity contribution in [1.29, 1.82) is 0 Å². The van der Waals surface area contributed by atoms with Gasteiger partial charge in [-0.3, -0.25) is 0 Å². The van der Waals surface area contributed by atoms with Crippen molar-refractivity contribution in [2.45, 2.75) is 138 Å². The first kappa shape index (κ1) is 22.3. The van der Waals surface area contributed by atoms with Gasteiger partial charge in [0.1, 0.15) is 0 Å². The normalized spacial score (nSPS) is 36.0. The molecule has 2 unspecified atom stereocenters. The van der Waals surface area contributed by atoms with Gasteiger partial charge in [-0.05, 0) is 85.9 Å². The Morgan fingerprint density at radius 3 is 2.04 bits per heavy atom. The maximum absolute atomic E-state index is 2.56. The van der Waals surface area contributed by atoms with E-state index >= 15 is 0 Å². The first-order valence-corrected chi connectivity index (χ1v) is 12.3. The van der Waals surface area contributed by atoms with Crippen LogP contribution in [0.25, 0.3) is 0 Å². The molecular weight excluding hydrogens is 312 g/mol. The molecule has 0 bridgehead atoms. The first-order valence-electron chi connectivity index (χ1n) is 12.3. The smallest absolute Gasteiger partial charge is 0.0297 e. The molecule has 0 heterocycles. The molecule has 2 fully saturated rings. The average Bonchev–Trinajstić information content (AvgIpc) is 2.66. The second-order valence-corrected chi connectivity index (χ2v) is 11.1. The van der Waals surface area contributed by atoms with Crippen LogP contribution in [0.15, 0.2) is 0 Å². The Hall–Kier alpha value is 0. The van der Waals surface area contributed by atoms with Crippen LogP contribution < -0.4 is 0 Å². The van der Waals surface area contributed by atoms with Crippen molar-refractivity contribution >= 4 is 0 Å². The third kappa shape index (κ3) is 5.29. The molecule has 2 saturated carbocycles. The van der Waals surface area contributed by atoms with Crippen molar-refractivity contribution in [3.63, 3.8) is 0 Å². The zero-order valence-corrected chi connectivity index (χ0v) is 19.3. The standard InChI is InChI=1S/C26H50/c1-7-13-25(15-10-14-24(6,9-3)23(5)8-2)18-20-26(21-19-25)16-11-22(4)12-17-26/h22-23H,7-21H2,1-6H3. The molecule has 2 aliphatic rings. The second kappa shape index (κ2) is 9.47. The first-order chi connectivity index (χ1) is 12.3. The Bertz CT molecular complexity index is 390. The van der Waals surface area contributed by atoms with Crippen LogP contribution >= 0.6 is 0 Å². The lowest BCUT2D eigenvalue weighted by Gasteiger charge is -2.50. The fourth-order valence-electron chi connectivity index (χ4n) is 6.47. The van der Waals surface area contributed by atoms with E-state index in [9.17, 15) is 0 Å². The van der Waals surface area contributed by atoms with Crippen molar-refractivity contribution in [2.75, 3.05) is 0 Å². The minimum atomic E-state index is 0.567. The second-order valence-electron chi connectivity index (χ2n) is 11.1. The van der Waals surface area contributed by atoms with Crippen LogP contribution in [-0.2, 0) is 0 Å². The van der Waals surface area contributed by atoms with E-state index in [0.29, 0.717) is 10.8 Å². The van der Waals surface area contributed by atoms with Crippen molar-refractivity contribution in [3.8, 4) is 0 Å². The summed E-state index contributed by atoms with van der Waals surface area (Å²) in [6.07, 6.45) is 22.3. The highest BCUT2D eigenvalue weighted by atomic mass is 14.5. The topological polar surface area (TPSA) is 0 Å². The molecule has 0 aromatic heterocycles. The third-order valence-electron chi connectivity index (χ3n) is 9.55. The molecule has 0 N–H and O–H groups in total. The van der Waals surface area contributed by atoms with Gasteiger partial charge in [0.25, 0.3) is 0 Å². The van der Waals surface area contributed by atoms with Crippen LogP contribution in [-0.4, -0.2) is 0 Å². The highest BCUT2D eigenvalue weighted by Gasteiger charge is 2.43. The quantitative estimate of drug-likeness (QED) is 0.383. The molecule has 2 aliphatic carbocycles. The summed E-state index contributed by atoms with van der Waals surface area (Å²) < 4.78 is 0. The number of rotatable bonds is 9. The minimum Gasteiger partial charge on any atom is -0.0654 e. The molecule has 2 atom stereocenters. The van der Waals surface area contributed by atoms with Crippen LogP contribution in [0.2, 0.25) is 0 Å².